The van der Waals surface area contributed by atoms with Crippen LogP contribution < -0.4 is 0 Å². The van der Waals surface area contributed by atoms with Gasteiger partial charge in [0.25, 0.3) is 0 Å². The van der Waals surface area contributed by atoms with Gasteiger partial charge in [-0.15, -0.1) is 0 Å². The Labute approximate surface area is 151 Å². The maximum absolute atomic E-state index is 6.44. The monoisotopic (exact) mass is 337 g/mol. The molecule has 2 aliphatic carbocycles. The molecule has 0 bridgehead atoms. The van der Waals surface area contributed by atoms with E-state index < -0.39 is 0 Å². The fraction of sp³-hybridized carbons (Fsp3) is 0.955. The first kappa shape index (κ1) is 20.2. The average molecular weight is 338 g/mol. The molecule has 0 N–H and O–H groups in total. The summed E-state index contributed by atoms with van der Waals surface area (Å²) < 4.78 is 12.6. The summed E-state index contributed by atoms with van der Waals surface area (Å²) in [5, 5.41) is 0. The van der Waals surface area contributed by atoms with E-state index >= 15 is 0 Å². The van der Waals surface area contributed by atoms with E-state index in [0.29, 0.717) is 18.3 Å². The molecule has 1 radical (unpaired) electrons. The second kappa shape index (κ2) is 13.2. The first-order chi connectivity index (χ1) is 11.9. The SMILES string of the molecule is [CH2]CCC(CCCCOC1CCCCCC1)OC1CCCCCC1. The largest absolute Gasteiger partial charge is 0.378 e. The highest BCUT2D eigenvalue weighted by molar-refractivity contribution is 4.69. The molecule has 0 aromatic rings. The number of unbranched alkanes of at least 4 members (excludes halogenated alkanes) is 1. The van der Waals surface area contributed by atoms with Crippen LogP contribution in [0.4, 0.5) is 0 Å². The van der Waals surface area contributed by atoms with E-state index in [4.69, 9.17) is 9.47 Å². The van der Waals surface area contributed by atoms with Crippen LogP contribution in [-0.4, -0.2) is 24.9 Å². The van der Waals surface area contributed by atoms with E-state index in [1.807, 2.05) is 0 Å². The van der Waals surface area contributed by atoms with Crippen molar-refractivity contribution in [2.75, 3.05) is 6.61 Å². The third-order valence-electron chi connectivity index (χ3n) is 5.79. The molecule has 0 heterocycles. The average Bonchev–Trinajstić information content (AvgIpc) is 2.99. The lowest BCUT2D eigenvalue weighted by molar-refractivity contribution is -0.0293. The molecule has 141 valence electrons. The molecule has 2 fully saturated rings. The molecule has 0 aromatic carbocycles. The number of rotatable bonds is 10. The minimum Gasteiger partial charge on any atom is -0.378 e. The Morgan fingerprint density at radius 2 is 1.29 bits per heavy atom. The Balaban J connectivity index is 1.56. The zero-order valence-electron chi connectivity index (χ0n) is 16.0. The number of hydrogen-bond acceptors (Lipinski definition) is 2. The van der Waals surface area contributed by atoms with Gasteiger partial charge in [0.05, 0.1) is 18.3 Å². The van der Waals surface area contributed by atoms with Crippen molar-refractivity contribution in [3.63, 3.8) is 0 Å². The summed E-state index contributed by atoms with van der Waals surface area (Å²) in [7, 11) is 0. The van der Waals surface area contributed by atoms with Crippen LogP contribution in [0.1, 0.15) is 109 Å². The molecule has 2 nitrogen and oxygen atoms in total. The van der Waals surface area contributed by atoms with Gasteiger partial charge in [0.2, 0.25) is 0 Å². The van der Waals surface area contributed by atoms with Crippen LogP contribution in [0.5, 0.6) is 0 Å². The van der Waals surface area contributed by atoms with Gasteiger partial charge in [0, 0.05) is 6.61 Å². The summed E-state index contributed by atoms with van der Waals surface area (Å²) in [5.74, 6) is 0. The van der Waals surface area contributed by atoms with Crippen molar-refractivity contribution in [3.05, 3.63) is 6.92 Å². The highest BCUT2D eigenvalue weighted by Crippen LogP contribution is 2.24. The van der Waals surface area contributed by atoms with Crippen LogP contribution in [0.25, 0.3) is 0 Å². The van der Waals surface area contributed by atoms with Crippen LogP contribution in [0.15, 0.2) is 0 Å². The Morgan fingerprint density at radius 1 is 0.708 bits per heavy atom. The second-order valence-electron chi connectivity index (χ2n) is 7.99. The van der Waals surface area contributed by atoms with Crippen molar-refractivity contribution in [1.29, 1.82) is 0 Å². The molecule has 2 heteroatoms. The molecule has 1 unspecified atom stereocenters. The molecule has 1 atom stereocenters. The van der Waals surface area contributed by atoms with Crippen molar-refractivity contribution in [1.82, 2.24) is 0 Å². The van der Waals surface area contributed by atoms with Crippen molar-refractivity contribution >= 4 is 0 Å². The van der Waals surface area contributed by atoms with E-state index in [1.165, 1.54) is 96.3 Å². The minimum absolute atomic E-state index is 0.434. The molecular formula is C22H41O2. The molecule has 2 aliphatic rings. The normalized spacial score (nSPS) is 22.9. The maximum atomic E-state index is 6.44. The predicted octanol–water partition coefficient (Wildman–Crippen LogP) is 6.62. The molecule has 2 saturated carbocycles. The fourth-order valence-electron chi connectivity index (χ4n) is 4.29. The molecule has 0 aromatic heterocycles. The van der Waals surface area contributed by atoms with E-state index in [1.54, 1.807) is 0 Å². The molecule has 0 spiro atoms. The maximum Gasteiger partial charge on any atom is 0.0579 e. The number of ether oxygens (including phenoxy) is 2. The molecule has 24 heavy (non-hydrogen) atoms. The van der Waals surface area contributed by atoms with Gasteiger partial charge >= 0.3 is 0 Å². The van der Waals surface area contributed by atoms with Crippen LogP contribution >= 0.6 is 0 Å². The van der Waals surface area contributed by atoms with Gasteiger partial charge in [-0.3, -0.25) is 0 Å². The third-order valence-corrected chi connectivity index (χ3v) is 5.79. The van der Waals surface area contributed by atoms with Gasteiger partial charge in [0.1, 0.15) is 0 Å². The zero-order chi connectivity index (χ0) is 16.9. The molecular weight excluding hydrogens is 296 g/mol. The van der Waals surface area contributed by atoms with E-state index in [0.717, 1.165) is 19.4 Å². The quantitative estimate of drug-likeness (QED) is 0.329. The summed E-state index contributed by atoms with van der Waals surface area (Å²) in [4.78, 5) is 0. The lowest BCUT2D eigenvalue weighted by Gasteiger charge is -2.24. The van der Waals surface area contributed by atoms with Gasteiger partial charge in [-0.05, 0) is 51.4 Å². The highest BCUT2D eigenvalue weighted by atomic mass is 16.5. The lowest BCUT2D eigenvalue weighted by Crippen LogP contribution is -2.22. The smallest absolute Gasteiger partial charge is 0.0579 e. The summed E-state index contributed by atoms with van der Waals surface area (Å²) in [6.45, 7) is 5.00. The predicted molar refractivity (Wildman–Crippen MR) is 102 cm³/mol. The van der Waals surface area contributed by atoms with E-state index in [-0.39, 0.29) is 0 Å². The summed E-state index contributed by atoms with van der Waals surface area (Å²) in [6, 6.07) is 0. The van der Waals surface area contributed by atoms with Crippen molar-refractivity contribution in [2.24, 2.45) is 0 Å². The lowest BCUT2D eigenvalue weighted by atomic mass is 10.1. The van der Waals surface area contributed by atoms with Crippen LogP contribution in [-0.2, 0) is 9.47 Å². The molecule has 0 saturated heterocycles. The number of hydrogen-bond donors (Lipinski definition) is 0. The Hall–Kier alpha value is -0.0800. The van der Waals surface area contributed by atoms with Crippen molar-refractivity contribution in [2.45, 2.75) is 127 Å². The first-order valence-electron chi connectivity index (χ1n) is 10.9. The van der Waals surface area contributed by atoms with E-state index in [2.05, 4.69) is 6.92 Å². The van der Waals surface area contributed by atoms with E-state index in [9.17, 15) is 0 Å². The Kier molecular flexibility index (Phi) is 11.1. The first-order valence-corrected chi connectivity index (χ1v) is 10.9. The van der Waals surface area contributed by atoms with Crippen LogP contribution in [0.2, 0.25) is 0 Å². The highest BCUT2D eigenvalue weighted by Gasteiger charge is 2.18. The Morgan fingerprint density at radius 3 is 1.88 bits per heavy atom. The second-order valence-corrected chi connectivity index (χ2v) is 7.99. The van der Waals surface area contributed by atoms with Crippen molar-refractivity contribution in [3.8, 4) is 0 Å². The third kappa shape index (κ3) is 8.85. The van der Waals surface area contributed by atoms with Gasteiger partial charge in [-0.1, -0.05) is 64.7 Å². The molecule has 0 aliphatic heterocycles. The standard InChI is InChI=1S/C22H41O2/c1-2-13-21(24-22-16-9-5-6-10-17-22)18-11-12-19-23-20-14-7-3-4-8-15-20/h20-22H,1-19H2. The van der Waals surface area contributed by atoms with Crippen LogP contribution in [0.3, 0.4) is 0 Å². The van der Waals surface area contributed by atoms with Crippen molar-refractivity contribution < 1.29 is 9.47 Å². The summed E-state index contributed by atoms with van der Waals surface area (Å²) in [6.07, 6.45) is 23.4. The van der Waals surface area contributed by atoms with Gasteiger partial charge < -0.3 is 9.47 Å². The van der Waals surface area contributed by atoms with Gasteiger partial charge in [-0.25, -0.2) is 0 Å². The van der Waals surface area contributed by atoms with Gasteiger partial charge in [0.15, 0.2) is 0 Å². The molecule has 0 amide bonds. The van der Waals surface area contributed by atoms with Crippen LogP contribution in [0, 0.1) is 6.92 Å². The topological polar surface area (TPSA) is 18.5 Å². The Bertz CT molecular complexity index is 276. The summed E-state index contributed by atoms with van der Waals surface area (Å²) >= 11 is 0. The van der Waals surface area contributed by atoms with Gasteiger partial charge in [-0.2, -0.15) is 0 Å². The molecule has 2 rings (SSSR count). The zero-order valence-corrected chi connectivity index (χ0v) is 16.0. The minimum atomic E-state index is 0.434. The fourth-order valence-corrected chi connectivity index (χ4v) is 4.29. The summed E-state index contributed by atoms with van der Waals surface area (Å²) in [5.41, 5.74) is 0.